The third-order valence-electron chi connectivity index (χ3n) is 4.32. The summed E-state index contributed by atoms with van der Waals surface area (Å²) in [7, 11) is -3.96. The number of hydrogen-bond acceptors (Lipinski definition) is 6. The van der Waals surface area contributed by atoms with Gasteiger partial charge < -0.3 is 4.90 Å². The van der Waals surface area contributed by atoms with Crippen LogP contribution < -0.4 is 4.90 Å². The molecule has 0 bridgehead atoms. The first-order valence-corrected chi connectivity index (χ1v) is 9.85. The molecule has 0 atom stereocenters. The van der Waals surface area contributed by atoms with Gasteiger partial charge in [-0.25, -0.2) is 13.4 Å². The molecule has 2 aromatic heterocycles. The van der Waals surface area contributed by atoms with E-state index in [4.69, 9.17) is 0 Å². The third kappa shape index (κ3) is 4.06. The Hall–Kier alpha value is -1.95. The van der Waals surface area contributed by atoms with Gasteiger partial charge in [0, 0.05) is 30.9 Å². The first kappa shape index (κ1) is 18.8. The van der Waals surface area contributed by atoms with Crippen LogP contribution in [0.2, 0.25) is 0 Å². The van der Waals surface area contributed by atoms with Crippen LogP contribution >= 0.6 is 0 Å². The van der Waals surface area contributed by atoms with Gasteiger partial charge in [0.05, 0.1) is 6.26 Å². The van der Waals surface area contributed by atoms with Crippen molar-refractivity contribution in [2.24, 2.45) is 0 Å². The SMILES string of the molecule is Cc1cc(N2CCC(N(CC(F)(F)F)S(C)(=O)=O)CC2)n2ncnc2n1. The molecule has 144 valence electrons. The quantitative estimate of drug-likeness (QED) is 0.778. The molecule has 12 heteroatoms. The second-order valence-corrected chi connectivity index (χ2v) is 8.30. The van der Waals surface area contributed by atoms with E-state index in [1.807, 2.05) is 17.9 Å². The summed E-state index contributed by atoms with van der Waals surface area (Å²) in [6.07, 6.45) is -1.79. The lowest BCUT2D eigenvalue weighted by molar-refractivity contribution is -0.139. The minimum Gasteiger partial charge on any atom is -0.356 e. The van der Waals surface area contributed by atoms with Crippen LogP contribution in [0.25, 0.3) is 5.78 Å². The third-order valence-corrected chi connectivity index (χ3v) is 5.60. The summed E-state index contributed by atoms with van der Waals surface area (Å²) in [5.74, 6) is 1.18. The van der Waals surface area contributed by atoms with Gasteiger partial charge in [-0.15, -0.1) is 0 Å². The number of aromatic nitrogens is 4. The Bertz CT molecular complexity index is 890. The van der Waals surface area contributed by atoms with E-state index in [-0.39, 0.29) is 0 Å². The van der Waals surface area contributed by atoms with Gasteiger partial charge in [0.25, 0.3) is 5.78 Å². The van der Waals surface area contributed by atoms with Crippen molar-refractivity contribution in [2.45, 2.75) is 32.0 Å². The molecule has 0 saturated carbocycles. The zero-order chi connectivity index (χ0) is 19.1. The number of aryl methyl sites for hydroxylation is 1. The van der Waals surface area contributed by atoms with Crippen LogP contribution in [0.4, 0.5) is 19.0 Å². The van der Waals surface area contributed by atoms with E-state index < -0.39 is 28.8 Å². The van der Waals surface area contributed by atoms with Crippen LogP contribution in [0.15, 0.2) is 12.4 Å². The Labute approximate surface area is 148 Å². The first-order chi connectivity index (χ1) is 12.0. The van der Waals surface area contributed by atoms with Crippen molar-refractivity contribution in [1.82, 2.24) is 23.9 Å². The number of halogens is 3. The summed E-state index contributed by atoms with van der Waals surface area (Å²) in [4.78, 5) is 10.3. The summed E-state index contributed by atoms with van der Waals surface area (Å²) in [5, 5.41) is 4.12. The number of anilines is 1. The average Bonchev–Trinajstić information content (AvgIpc) is 2.98. The number of hydrogen-bond donors (Lipinski definition) is 0. The number of fused-ring (bicyclic) bond motifs is 1. The van der Waals surface area contributed by atoms with Crippen molar-refractivity contribution < 1.29 is 21.6 Å². The smallest absolute Gasteiger partial charge is 0.356 e. The van der Waals surface area contributed by atoms with E-state index in [0.29, 0.717) is 36.0 Å². The molecule has 3 heterocycles. The van der Waals surface area contributed by atoms with E-state index >= 15 is 0 Å². The second kappa shape index (κ2) is 6.65. The number of sulfonamides is 1. The Kier molecular flexibility index (Phi) is 4.82. The maximum Gasteiger partial charge on any atom is 0.402 e. The predicted molar refractivity (Wildman–Crippen MR) is 88.4 cm³/mol. The summed E-state index contributed by atoms with van der Waals surface area (Å²) in [5.41, 5.74) is 0.748. The van der Waals surface area contributed by atoms with Gasteiger partial charge in [0.2, 0.25) is 10.0 Å². The molecule has 1 saturated heterocycles. The summed E-state index contributed by atoms with van der Waals surface area (Å²) >= 11 is 0. The lowest BCUT2D eigenvalue weighted by Crippen LogP contribution is -2.50. The lowest BCUT2D eigenvalue weighted by Gasteiger charge is -2.38. The van der Waals surface area contributed by atoms with Crippen molar-refractivity contribution in [3.05, 3.63) is 18.1 Å². The normalized spacial score (nSPS) is 17.4. The highest BCUT2D eigenvalue weighted by Crippen LogP contribution is 2.27. The summed E-state index contributed by atoms with van der Waals surface area (Å²) in [6.45, 7) is 1.18. The van der Waals surface area contributed by atoms with Crippen LogP contribution in [0, 0.1) is 6.92 Å². The maximum absolute atomic E-state index is 12.8. The Morgan fingerprint density at radius 3 is 2.54 bits per heavy atom. The Balaban J connectivity index is 1.78. The molecule has 0 aliphatic carbocycles. The monoisotopic (exact) mass is 392 g/mol. The van der Waals surface area contributed by atoms with Gasteiger partial charge in [0.15, 0.2) is 0 Å². The van der Waals surface area contributed by atoms with Gasteiger partial charge >= 0.3 is 6.18 Å². The van der Waals surface area contributed by atoms with E-state index in [1.54, 1.807) is 4.52 Å². The van der Waals surface area contributed by atoms with Crippen molar-refractivity contribution >= 4 is 21.6 Å². The predicted octanol–water partition coefficient (Wildman–Crippen LogP) is 1.23. The van der Waals surface area contributed by atoms with Gasteiger partial charge in [-0.1, -0.05) is 0 Å². The highest BCUT2D eigenvalue weighted by Gasteiger charge is 2.39. The zero-order valence-electron chi connectivity index (χ0n) is 14.3. The molecule has 3 rings (SSSR count). The molecular formula is C14H19F3N6O2S. The molecule has 2 aromatic rings. The van der Waals surface area contributed by atoms with Crippen LogP contribution in [0.5, 0.6) is 0 Å². The van der Waals surface area contributed by atoms with E-state index in [9.17, 15) is 21.6 Å². The number of nitrogens with zero attached hydrogens (tertiary/aromatic N) is 6. The fourth-order valence-electron chi connectivity index (χ4n) is 3.21. The molecule has 26 heavy (non-hydrogen) atoms. The largest absolute Gasteiger partial charge is 0.402 e. The molecule has 1 aliphatic heterocycles. The van der Waals surface area contributed by atoms with E-state index in [0.717, 1.165) is 17.8 Å². The minimum absolute atomic E-state index is 0.292. The lowest BCUT2D eigenvalue weighted by atomic mass is 10.0. The number of piperidine rings is 1. The van der Waals surface area contributed by atoms with Crippen molar-refractivity contribution in [2.75, 3.05) is 30.8 Å². The molecule has 0 radical (unpaired) electrons. The Morgan fingerprint density at radius 1 is 1.31 bits per heavy atom. The van der Waals surface area contributed by atoms with Gasteiger partial charge in [-0.2, -0.15) is 32.1 Å². The molecule has 0 N–H and O–H groups in total. The highest BCUT2D eigenvalue weighted by molar-refractivity contribution is 7.88. The van der Waals surface area contributed by atoms with E-state index in [1.165, 1.54) is 6.33 Å². The van der Waals surface area contributed by atoms with Crippen LogP contribution in [-0.2, 0) is 10.0 Å². The van der Waals surface area contributed by atoms with Gasteiger partial charge in [0.1, 0.15) is 18.7 Å². The van der Waals surface area contributed by atoms with Crippen LogP contribution in [-0.4, -0.2) is 70.4 Å². The molecule has 0 aromatic carbocycles. The van der Waals surface area contributed by atoms with Gasteiger partial charge in [-0.3, -0.25) is 0 Å². The molecule has 0 unspecified atom stereocenters. The fourth-order valence-corrected chi connectivity index (χ4v) is 4.35. The van der Waals surface area contributed by atoms with Crippen LogP contribution in [0.1, 0.15) is 18.5 Å². The van der Waals surface area contributed by atoms with Crippen LogP contribution in [0.3, 0.4) is 0 Å². The zero-order valence-corrected chi connectivity index (χ0v) is 15.1. The van der Waals surface area contributed by atoms with Crippen molar-refractivity contribution in [3.8, 4) is 0 Å². The minimum atomic E-state index is -4.57. The Morgan fingerprint density at radius 2 is 1.96 bits per heavy atom. The maximum atomic E-state index is 12.8. The molecule has 0 spiro atoms. The number of rotatable bonds is 4. The first-order valence-electron chi connectivity index (χ1n) is 8.00. The standard InChI is InChI=1S/C14H19F3N6O2S/c1-10-7-12(23-13(20-10)18-9-19-23)21-5-3-11(4-6-21)22(26(2,24)25)8-14(15,16)17/h7,9,11H,3-6,8H2,1-2H3. The topological polar surface area (TPSA) is 83.7 Å². The molecular weight excluding hydrogens is 373 g/mol. The second-order valence-electron chi connectivity index (χ2n) is 6.37. The molecule has 1 fully saturated rings. The average molecular weight is 392 g/mol. The number of alkyl halides is 3. The van der Waals surface area contributed by atoms with Gasteiger partial charge in [-0.05, 0) is 19.8 Å². The molecule has 0 amide bonds. The molecule has 8 nitrogen and oxygen atoms in total. The van der Waals surface area contributed by atoms with Crippen molar-refractivity contribution in [1.29, 1.82) is 0 Å². The highest BCUT2D eigenvalue weighted by atomic mass is 32.2. The van der Waals surface area contributed by atoms with E-state index in [2.05, 4.69) is 15.1 Å². The fraction of sp³-hybridized carbons (Fsp3) is 0.643. The van der Waals surface area contributed by atoms with Crippen molar-refractivity contribution in [3.63, 3.8) is 0 Å². The summed E-state index contributed by atoms with van der Waals surface area (Å²) < 4.78 is 64.1. The summed E-state index contributed by atoms with van der Waals surface area (Å²) in [6, 6.07) is 1.14. The molecule has 1 aliphatic rings.